The van der Waals surface area contributed by atoms with Crippen molar-refractivity contribution >= 4 is 11.9 Å². The molecule has 9 heteroatoms. The van der Waals surface area contributed by atoms with Gasteiger partial charge in [0, 0.05) is 38.9 Å². The largest absolute Gasteiger partial charge is 0.458 e. The number of carbonyl (C=O) groups is 2. The molecule has 0 bridgehead atoms. The number of ether oxygens (including phenoxy) is 7. The van der Waals surface area contributed by atoms with Crippen LogP contribution >= 0.6 is 0 Å². The summed E-state index contributed by atoms with van der Waals surface area (Å²) in [6.07, 6.45) is -0.215. The maximum atomic E-state index is 12.0. The van der Waals surface area contributed by atoms with Gasteiger partial charge in [-0.3, -0.25) is 9.59 Å². The summed E-state index contributed by atoms with van der Waals surface area (Å²) in [5, 5.41) is 0. The van der Waals surface area contributed by atoms with Gasteiger partial charge in [0.05, 0.1) is 24.9 Å². The maximum absolute atomic E-state index is 12.0. The first-order valence-electron chi connectivity index (χ1n) is 13.6. The van der Waals surface area contributed by atoms with Crippen LogP contribution in [0.15, 0.2) is 0 Å². The average Bonchev–Trinajstić information content (AvgIpc) is 2.81. The lowest BCUT2D eigenvalue weighted by atomic mass is 9.87. The van der Waals surface area contributed by atoms with E-state index in [0.717, 1.165) is 25.7 Å². The van der Waals surface area contributed by atoms with E-state index < -0.39 is 42.6 Å². The second-order valence-corrected chi connectivity index (χ2v) is 10.2. The van der Waals surface area contributed by atoms with Crippen molar-refractivity contribution in [3.05, 3.63) is 0 Å². The van der Waals surface area contributed by atoms with Crippen molar-refractivity contribution in [1.29, 1.82) is 0 Å². The molecule has 0 amide bonds. The van der Waals surface area contributed by atoms with Gasteiger partial charge >= 0.3 is 11.9 Å². The van der Waals surface area contributed by atoms with Crippen molar-refractivity contribution in [2.45, 2.75) is 130 Å². The van der Waals surface area contributed by atoms with Crippen molar-refractivity contribution < 1.29 is 42.7 Å². The van der Waals surface area contributed by atoms with Gasteiger partial charge in [0.1, 0.15) is 18.3 Å². The lowest BCUT2D eigenvalue weighted by Crippen LogP contribution is -2.62. The number of hydrogen-bond acceptors (Lipinski definition) is 9. The molecule has 2 saturated heterocycles. The van der Waals surface area contributed by atoms with Gasteiger partial charge in [0.15, 0.2) is 12.4 Å². The highest BCUT2D eigenvalue weighted by Crippen LogP contribution is 2.36. The molecule has 2 aliphatic rings. The summed E-state index contributed by atoms with van der Waals surface area (Å²) in [5.74, 6) is -1.11. The lowest BCUT2D eigenvalue weighted by Gasteiger charge is -2.48. The first-order chi connectivity index (χ1) is 17.1. The molecule has 0 aromatic carbocycles. The number of esters is 2. The van der Waals surface area contributed by atoms with Gasteiger partial charge < -0.3 is 33.2 Å². The molecule has 0 N–H and O–H groups in total. The first-order valence-corrected chi connectivity index (χ1v) is 13.6. The molecule has 2 rings (SSSR count). The van der Waals surface area contributed by atoms with E-state index in [1.165, 1.54) is 13.8 Å². The normalized spacial score (nSPS) is 36.9. The molecule has 10 atom stereocenters. The molecule has 0 aromatic heterocycles. The summed E-state index contributed by atoms with van der Waals surface area (Å²) in [7, 11) is 0. The minimum absolute atomic E-state index is 0.0510. The fourth-order valence-corrected chi connectivity index (χ4v) is 4.69. The predicted molar refractivity (Wildman–Crippen MR) is 133 cm³/mol. The predicted octanol–water partition coefficient (Wildman–Crippen LogP) is 4.04. The summed E-state index contributed by atoms with van der Waals surface area (Å²) < 4.78 is 42.7. The summed E-state index contributed by atoms with van der Waals surface area (Å²) in [6, 6.07) is 0. The number of rotatable bonds is 13. The molecule has 2 heterocycles. The Balaban J connectivity index is 2.34. The smallest absolute Gasteiger partial charge is 0.303 e. The third-order valence-corrected chi connectivity index (χ3v) is 7.17. The summed E-state index contributed by atoms with van der Waals surface area (Å²) in [4.78, 5) is 23.9. The highest BCUT2D eigenvalue weighted by Gasteiger charge is 2.51. The molecular weight excluding hydrogens is 468 g/mol. The fourth-order valence-electron chi connectivity index (χ4n) is 4.69. The molecule has 0 radical (unpaired) electrons. The van der Waals surface area contributed by atoms with Crippen molar-refractivity contribution in [2.24, 2.45) is 11.8 Å². The van der Waals surface area contributed by atoms with Crippen LogP contribution in [0.1, 0.15) is 81.1 Å². The number of unbranched alkanes of at least 4 members (excludes halogenated alkanes) is 2. The van der Waals surface area contributed by atoms with E-state index in [2.05, 4.69) is 20.8 Å². The molecule has 2 fully saturated rings. The van der Waals surface area contributed by atoms with Crippen molar-refractivity contribution in [3.63, 3.8) is 0 Å². The molecule has 0 spiro atoms. The SMILES string of the molecule is CCCCOCC1O[C@H](C)C(C)[C@@H](OCCCC)[C@@H]1O[C@H]1O[C@@H](C)[C@@H](C)C(OC(C)=O)C1OC(C)=O. The van der Waals surface area contributed by atoms with E-state index in [4.69, 9.17) is 33.2 Å². The maximum Gasteiger partial charge on any atom is 0.303 e. The zero-order valence-corrected chi connectivity index (χ0v) is 23.4. The van der Waals surface area contributed by atoms with Crippen LogP contribution in [0.5, 0.6) is 0 Å². The molecule has 0 aliphatic carbocycles. The molecule has 9 nitrogen and oxygen atoms in total. The Morgan fingerprint density at radius 2 is 1.28 bits per heavy atom. The van der Waals surface area contributed by atoms with Gasteiger partial charge in [0.25, 0.3) is 0 Å². The van der Waals surface area contributed by atoms with Gasteiger partial charge in [0.2, 0.25) is 0 Å². The Bertz CT molecular complexity index is 672. The molecule has 210 valence electrons. The van der Waals surface area contributed by atoms with Crippen LogP contribution in [0.4, 0.5) is 0 Å². The average molecular weight is 517 g/mol. The Hall–Kier alpha value is -1.26. The van der Waals surface area contributed by atoms with Gasteiger partial charge in [-0.15, -0.1) is 0 Å². The highest BCUT2D eigenvalue weighted by atomic mass is 16.7. The van der Waals surface area contributed by atoms with Gasteiger partial charge in [-0.25, -0.2) is 0 Å². The van der Waals surface area contributed by atoms with Crippen molar-refractivity contribution in [2.75, 3.05) is 19.8 Å². The zero-order valence-electron chi connectivity index (χ0n) is 23.4. The third kappa shape index (κ3) is 8.65. The van der Waals surface area contributed by atoms with E-state index in [-0.39, 0.29) is 30.1 Å². The standard InChI is InChI=1S/C27H48O9/c1-9-11-13-30-15-22-25(23(31-14-12-10-2)16(3)18(5)32-22)36-27-26(35-21(8)29)24(34-20(7)28)17(4)19(6)33-27/h16-19,22-27H,9-15H2,1-8H3/t16?,17-,18-,19+,22?,23-,24?,25-,26?,27-/m1/s1. The lowest BCUT2D eigenvalue weighted by molar-refractivity contribution is -0.332. The van der Waals surface area contributed by atoms with Crippen LogP contribution in [0, 0.1) is 11.8 Å². The minimum atomic E-state index is -0.964. The molecule has 4 unspecified atom stereocenters. The van der Waals surface area contributed by atoms with Gasteiger partial charge in [-0.2, -0.15) is 0 Å². The van der Waals surface area contributed by atoms with E-state index in [1.807, 2.05) is 20.8 Å². The Kier molecular flexibility index (Phi) is 13.1. The van der Waals surface area contributed by atoms with E-state index in [1.54, 1.807) is 0 Å². The Labute approximate surface area is 216 Å². The number of carbonyl (C=O) groups excluding carboxylic acids is 2. The van der Waals surface area contributed by atoms with Crippen LogP contribution in [-0.2, 0) is 42.7 Å². The monoisotopic (exact) mass is 516 g/mol. The molecule has 0 aromatic rings. The van der Waals surface area contributed by atoms with E-state index in [9.17, 15) is 9.59 Å². The Morgan fingerprint density at radius 3 is 1.89 bits per heavy atom. The van der Waals surface area contributed by atoms with Crippen LogP contribution in [-0.4, -0.2) is 80.8 Å². The van der Waals surface area contributed by atoms with E-state index >= 15 is 0 Å². The van der Waals surface area contributed by atoms with Crippen molar-refractivity contribution in [3.8, 4) is 0 Å². The van der Waals surface area contributed by atoms with E-state index in [0.29, 0.717) is 19.8 Å². The van der Waals surface area contributed by atoms with Crippen LogP contribution in [0.2, 0.25) is 0 Å². The highest BCUT2D eigenvalue weighted by molar-refractivity contribution is 5.67. The fraction of sp³-hybridized carbons (Fsp3) is 0.926. The molecular formula is C27H48O9. The topological polar surface area (TPSA) is 98.8 Å². The minimum Gasteiger partial charge on any atom is -0.458 e. The summed E-state index contributed by atoms with van der Waals surface area (Å²) in [6.45, 7) is 16.4. The van der Waals surface area contributed by atoms with Crippen LogP contribution in [0.3, 0.4) is 0 Å². The molecule has 0 saturated carbocycles. The molecule has 2 aliphatic heterocycles. The second kappa shape index (κ2) is 15.2. The van der Waals surface area contributed by atoms with Gasteiger partial charge in [-0.1, -0.05) is 40.5 Å². The zero-order chi connectivity index (χ0) is 26.8. The summed E-state index contributed by atoms with van der Waals surface area (Å²) in [5.41, 5.74) is 0. The summed E-state index contributed by atoms with van der Waals surface area (Å²) >= 11 is 0. The van der Waals surface area contributed by atoms with Gasteiger partial charge in [-0.05, 0) is 26.7 Å². The number of hydrogen-bond donors (Lipinski definition) is 0. The third-order valence-electron chi connectivity index (χ3n) is 7.17. The molecule has 36 heavy (non-hydrogen) atoms. The Morgan fingerprint density at radius 1 is 0.722 bits per heavy atom. The van der Waals surface area contributed by atoms with Crippen LogP contribution < -0.4 is 0 Å². The quantitative estimate of drug-likeness (QED) is 0.265. The van der Waals surface area contributed by atoms with Crippen LogP contribution in [0.25, 0.3) is 0 Å². The van der Waals surface area contributed by atoms with Crippen molar-refractivity contribution in [1.82, 2.24) is 0 Å². The first kappa shape index (κ1) is 31.0. The second-order valence-electron chi connectivity index (χ2n) is 10.2.